The van der Waals surface area contributed by atoms with Gasteiger partial charge in [-0.2, -0.15) is 0 Å². The van der Waals surface area contributed by atoms with E-state index in [-0.39, 0.29) is 29.0 Å². The van der Waals surface area contributed by atoms with Gasteiger partial charge in [-0.15, -0.1) is 0 Å². The zero-order valence-electron chi connectivity index (χ0n) is 21.0. The van der Waals surface area contributed by atoms with Crippen molar-refractivity contribution < 1.29 is 19.0 Å². The number of rotatable bonds is 7. The fourth-order valence-corrected chi connectivity index (χ4v) is 6.53. The van der Waals surface area contributed by atoms with E-state index in [1.165, 1.54) is 19.3 Å². The van der Waals surface area contributed by atoms with Gasteiger partial charge in [0.25, 0.3) is 0 Å². The third kappa shape index (κ3) is 5.58. The molecular weight excluding hydrogens is 404 g/mol. The standard InChI is InChI=1S/C26H46O4Si/c1-8-9-10-19(2)17-20(30-31(6,7)25(3,4)5)11-12-21-22-18-26(28-15-16-29-26)23(22)13-14-24(21)27/h19-24,27H,8-10,13-18H2,1-7H3/t19?,20-,21+,22+,23-,24+/m1/s1. The van der Waals surface area contributed by atoms with Crippen LogP contribution in [0.15, 0.2) is 0 Å². The second-order valence-electron chi connectivity index (χ2n) is 11.8. The highest BCUT2D eigenvalue weighted by Gasteiger charge is 2.62. The molecular formula is C26H46O4Si. The first-order chi connectivity index (χ1) is 14.5. The van der Waals surface area contributed by atoms with E-state index in [9.17, 15) is 5.11 Å². The molecule has 0 aromatic heterocycles. The van der Waals surface area contributed by atoms with Gasteiger partial charge in [-0.3, -0.25) is 0 Å². The lowest BCUT2D eigenvalue weighted by Gasteiger charge is -2.56. The minimum absolute atomic E-state index is 0.00800. The van der Waals surface area contributed by atoms with E-state index in [1.54, 1.807) is 0 Å². The predicted molar refractivity (Wildman–Crippen MR) is 128 cm³/mol. The van der Waals surface area contributed by atoms with Crippen LogP contribution in [0.3, 0.4) is 0 Å². The molecule has 0 radical (unpaired) electrons. The fraction of sp³-hybridized carbons (Fsp3) is 0.923. The van der Waals surface area contributed by atoms with Crippen LogP contribution < -0.4 is 0 Å². The van der Waals surface area contributed by atoms with Gasteiger partial charge in [0.2, 0.25) is 0 Å². The average molecular weight is 451 g/mol. The minimum Gasteiger partial charge on any atom is -0.403 e. The molecule has 0 bridgehead atoms. The summed E-state index contributed by atoms with van der Waals surface area (Å²) in [5, 5.41) is 10.9. The van der Waals surface area contributed by atoms with Gasteiger partial charge in [-0.25, -0.2) is 0 Å². The maximum absolute atomic E-state index is 10.8. The molecule has 0 aromatic rings. The third-order valence-corrected chi connectivity index (χ3v) is 12.8. The van der Waals surface area contributed by atoms with Crippen molar-refractivity contribution >= 4 is 8.32 Å². The van der Waals surface area contributed by atoms with Crippen LogP contribution in [0, 0.1) is 35.5 Å². The van der Waals surface area contributed by atoms with Crippen LogP contribution in [0.1, 0.15) is 79.6 Å². The van der Waals surface area contributed by atoms with E-state index in [4.69, 9.17) is 13.9 Å². The van der Waals surface area contributed by atoms with Crippen LogP contribution in [-0.4, -0.2) is 44.6 Å². The number of aliphatic hydroxyl groups is 1. The Morgan fingerprint density at radius 3 is 2.48 bits per heavy atom. The van der Waals surface area contributed by atoms with Gasteiger partial charge in [-0.05, 0) is 49.2 Å². The van der Waals surface area contributed by atoms with Crippen molar-refractivity contribution in [3.8, 4) is 11.8 Å². The molecule has 3 rings (SSSR count). The Kier molecular flexibility index (Phi) is 8.02. The molecule has 0 amide bonds. The molecule has 2 saturated carbocycles. The number of fused-ring (bicyclic) bond motifs is 2. The van der Waals surface area contributed by atoms with Gasteiger partial charge in [0, 0.05) is 18.3 Å². The number of ether oxygens (including phenoxy) is 2. The molecule has 1 heterocycles. The van der Waals surface area contributed by atoms with E-state index >= 15 is 0 Å². The first kappa shape index (κ1) is 25.2. The molecule has 5 heteroatoms. The van der Waals surface area contributed by atoms with E-state index in [0.29, 0.717) is 31.0 Å². The lowest BCUT2D eigenvalue weighted by atomic mass is 9.56. The lowest BCUT2D eigenvalue weighted by molar-refractivity contribution is -0.296. The molecule has 1 unspecified atom stereocenters. The smallest absolute Gasteiger partial charge is 0.193 e. The summed E-state index contributed by atoms with van der Waals surface area (Å²) in [5.41, 5.74) is 0. The largest absolute Gasteiger partial charge is 0.403 e. The number of hydrogen-bond donors (Lipinski definition) is 1. The summed E-state index contributed by atoms with van der Waals surface area (Å²) in [6.45, 7) is 17.5. The summed E-state index contributed by atoms with van der Waals surface area (Å²) in [6, 6.07) is 0. The minimum atomic E-state index is -1.92. The van der Waals surface area contributed by atoms with Crippen LogP contribution >= 0.6 is 0 Å². The van der Waals surface area contributed by atoms with Crippen molar-refractivity contribution in [1.82, 2.24) is 0 Å². The highest BCUT2D eigenvalue weighted by atomic mass is 28.4. The molecule has 3 aliphatic rings. The van der Waals surface area contributed by atoms with Gasteiger partial charge in [0.05, 0.1) is 19.3 Å². The van der Waals surface area contributed by atoms with Crippen molar-refractivity contribution in [3.05, 3.63) is 0 Å². The second kappa shape index (κ2) is 9.85. The Hall–Kier alpha value is -0.383. The molecule has 6 atom stereocenters. The van der Waals surface area contributed by atoms with Crippen LogP contribution in [0.2, 0.25) is 18.1 Å². The number of unbranched alkanes of at least 4 members (excludes halogenated alkanes) is 1. The van der Waals surface area contributed by atoms with Crippen molar-refractivity contribution in [2.24, 2.45) is 23.7 Å². The van der Waals surface area contributed by atoms with E-state index in [2.05, 4.69) is 59.6 Å². The van der Waals surface area contributed by atoms with E-state index in [0.717, 1.165) is 25.7 Å². The first-order valence-electron chi connectivity index (χ1n) is 12.6. The van der Waals surface area contributed by atoms with Gasteiger partial charge in [0.15, 0.2) is 14.1 Å². The van der Waals surface area contributed by atoms with Crippen LogP contribution in [-0.2, 0) is 13.9 Å². The van der Waals surface area contributed by atoms with Crippen molar-refractivity contribution in [2.45, 2.75) is 116 Å². The zero-order chi connectivity index (χ0) is 22.9. The highest BCUT2D eigenvalue weighted by molar-refractivity contribution is 6.74. The van der Waals surface area contributed by atoms with Crippen molar-refractivity contribution in [2.75, 3.05) is 13.2 Å². The van der Waals surface area contributed by atoms with Gasteiger partial charge >= 0.3 is 0 Å². The third-order valence-electron chi connectivity index (χ3n) is 8.35. The summed E-state index contributed by atoms with van der Waals surface area (Å²) in [5.74, 6) is 8.05. The van der Waals surface area contributed by atoms with Crippen LogP contribution in [0.5, 0.6) is 0 Å². The summed E-state index contributed by atoms with van der Waals surface area (Å²) < 4.78 is 18.7. The fourth-order valence-electron chi connectivity index (χ4n) is 5.31. The molecule has 1 saturated heterocycles. The summed E-state index contributed by atoms with van der Waals surface area (Å²) in [7, 11) is -1.92. The first-order valence-corrected chi connectivity index (χ1v) is 15.5. The maximum Gasteiger partial charge on any atom is 0.193 e. The normalized spacial score (nSPS) is 32.0. The van der Waals surface area contributed by atoms with Crippen LogP contribution in [0.25, 0.3) is 0 Å². The maximum atomic E-state index is 10.8. The molecule has 4 nitrogen and oxygen atoms in total. The molecule has 178 valence electrons. The predicted octanol–water partition coefficient (Wildman–Crippen LogP) is 5.75. The van der Waals surface area contributed by atoms with Crippen molar-refractivity contribution in [3.63, 3.8) is 0 Å². The molecule has 2 aliphatic carbocycles. The summed E-state index contributed by atoms with van der Waals surface area (Å²) in [4.78, 5) is 0. The molecule has 1 N–H and O–H groups in total. The SMILES string of the molecule is CCCCC(C)C[C@@H](C#C[C@H]1[C@@H]2CC3(OCCO3)[C@@H]2CC[C@@H]1O)O[Si](C)(C)C(C)(C)C. The molecule has 1 spiro atoms. The Morgan fingerprint density at radius 1 is 1.19 bits per heavy atom. The Labute approximate surface area is 191 Å². The monoisotopic (exact) mass is 450 g/mol. The number of aliphatic hydroxyl groups excluding tert-OH is 1. The molecule has 3 fully saturated rings. The van der Waals surface area contributed by atoms with Gasteiger partial charge < -0.3 is 19.0 Å². The van der Waals surface area contributed by atoms with E-state index in [1.807, 2.05) is 0 Å². The summed E-state index contributed by atoms with van der Waals surface area (Å²) in [6.07, 6.45) is 6.93. The number of hydrogen-bond acceptors (Lipinski definition) is 4. The topological polar surface area (TPSA) is 47.9 Å². The molecule has 1 aliphatic heterocycles. The van der Waals surface area contributed by atoms with E-state index < -0.39 is 8.32 Å². The molecule has 31 heavy (non-hydrogen) atoms. The zero-order valence-corrected chi connectivity index (χ0v) is 22.0. The Balaban J connectivity index is 1.73. The average Bonchev–Trinajstić information content (AvgIpc) is 3.15. The molecule has 0 aromatic carbocycles. The highest BCUT2D eigenvalue weighted by Crippen LogP contribution is 2.57. The second-order valence-corrected chi connectivity index (χ2v) is 16.5. The van der Waals surface area contributed by atoms with Crippen molar-refractivity contribution in [1.29, 1.82) is 0 Å². The Bertz CT molecular complexity index is 653. The van der Waals surface area contributed by atoms with Gasteiger partial charge in [-0.1, -0.05) is 65.7 Å². The van der Waals surface area contributed by atoms with Gasteiger partial charge in [0.1, 0.15) is 6.10 Å². The quantitative estimate of drug-likeness (QED) is 0.396. The Morgan fingerprint density at radius 2 is 1.87 bits per heavy atom. The lowest BCUT2D eigenvalue weighted by Crippen LogP contribution is -2.60. The van der Waals surface area contributed by atoms with Crippen LogP contribution in [0.4, 0.5) is 0 Å². The summed E-state index contributed by atoms with van der Waals surface area (Å²) >= 11 is 0.